The number of esters is 1. The van der Waals surface area contributed by atoms with E-state index in [9.17, 15) is 9.59 Å². The molecule has 0 aliphatic rings. The number of nitrogens with zero attached hydrogens (tertiary/aromatic N) is 2. The van der Waals surface area contributed by atoms with Gasteiger partial charge in [-0.05, 0) is 54.6 Å². The normalized spacial score (nSPS) is 10.2. The molecule has 3 aromatic rings. The van der Waals surface area contributed by atoms with Crippen LogP contribution >= 0.6 is 11.8 Å². The molecule has 0 saturated carbocycles. The van der Waals surface area contributed by atoms with E-state index in [0.29, 0.717) is 11.2 Å². The summed E-state index contributed by atoms with van der Waals surface area (Å²) in [5.41, 5.74) is 2.24. The Balaban J connectivity index is 1.59. The Morgan fingerprint density at radius 1 is 1.19 bits per heavy atom. The van der Waals surface area contributed by atoms with Gasteiger partial charge in [0.25, 0.3) is 5.91 Å². The zero-order valence-corrected chi connectivity index (χ0v) is 15.2. The van der Waals surface area contributed by atoms with Crippen molar-refractivity contribution in [3.8, 4) is 5.40 Å². The topological polar surface area (TPSA) is 92.1 Å². The van der Waals surface area contributed by atoms with Crippen LogP contribution in [-0.4, -0.2) is 23.5 Å². The van der Waals surface area contributed by atoms with Crippen LogP contribution in [0.25, 0.3) is 10.9 Å². The van der Waals surface area contributed by atoms with Gasteiger partial charge in [-0.3, -0.25) is 4.79 Å². The van der Waals surface area contributed by atoms with Crippen LogP contribution in [0.3, 0.4) is 0 Å². The first-order valence-electron chi connectivity index (χ1n) is 8.06. The predicted octanol–water partition coefficient (Wildman–Crippen LogP) is 3.91. The fraction of sp³-hybridized carbons (Fsp3) is 0.100. The molecule has 0 atom stereocenters. The van der Waals surface area contributed by atoms with Gasteiger partial charge in [0.05, 0.1) is 5.52 Å². The van der Waals surface area contributed by atoms with E-state index in [0.717, 1.165) is 27.6 Å². The van der Waals surface area contributed by atoms with Crippen molar-refractivity contribution in [2.24, 2.45) is 0 Å². The molecule has 6 nitrogen and oxygen atoms in total. The quantitative estimate of drug-likeness (QED) is 0.412. The maximum atomic E-state index is 12.1. The van der Waals surface area contributed by atoms with E-state index in [1.165, 1.54) is 0 Å². The molecule has 2 aromatic carbocycles. The first-order valence-corrected chi connectivity index (χ1v) is 8.88. The molecule has 0 radical (unpaired) electrons. The van der Waals surface area contributed by atoms with Gasteiger partial charge in [0.1, 0.15) is 11.1 Å². The van der Waals surface area contributed by atoms with E-state index in [-0.39, 0.29) is 5.69 Å². The smallest absolute Gasteiger partial charge is 0.357 e. The largest absolute Gasteiger partial charge is 0.451 e. The lowest BCUT2D eigenvalue weighted by Gasteiger charge is -2.10. The van der Waals surface area contributed by atoms with Crippen LogP contribution in [0.4, 0.5) is 5.69 Å². The fourth-order valence-corrected chi connectivity index (χ4v) is 2.94. The standard InChI is InChI=1S/C20H15N3O3S/c1-13-10-15(27-12-21)7-9-16(13)23-19(24)11-26-20(25)18-8-6-14-4-2-3-5-17(14)22-18/h2-10H,11H2,1H3,(H,23,24). The summed E-state index contributed by atoms with van der Waals surface area (Å²) in [5, 5.41) is 14.3. The number of thioether (sulfide) groups is 1. The molecule has 0 unspecified atom stereocenters. The van der Waals surface area contributed by atoms with Gasteiger partial charge < -0.3 is 10.1 Å². The number of hydrogen-bond donors (Lipinski definition) is 1. The number of thiocyanates is 1. The second kappa shape index (κ2) is 8.34. The van der Waals surface area contributed by atoms with Crippen LogP contribution in [0, 0.1) is 17.6 Å². The Hall–Kier alpha value is -3.37. The van der Waals surface area contributed by atoms with Crippen LogP contribution in [-0.2, 0) is 9.53 Å². The number of aryl methyl sites for hydroxylation is 1. The van der Waals surface area contributed by atoms with Crippen LogP contribution in [0.1, 0.15) is 16.1 Å². The molecule has 0 saturated heterocycles. The number of para-hydroxylation sites is 1. The maximum Gasteiger partial charge on any atom is 0.357 e. The van der Waals surface area contributed by atoms with Gasteiger partial charge >= 0.3 is 5.97 Å². The number of carbonyl (C=O) groups is 2. The Kier molecular flexibility index (Phi) is 5.69. The van der Waals surface area contributed by atoms with E-state index >= 15 is 0 Å². The van der Waals surface area contributed by atoms with E-state index < -0.39 is 18.5 Å². The van der Waals surface area contributed by atoms with Crippen molar-refractivity contribution in [1.82, 2.24) is 4.98 Å². The number of rotatable bonds is 5. The summed E-state index contributed by atoms with van der Waals surface area (Å²) < 4.78 is 5.05. The van der Waals surface area contributed by atoms with E-state index in [1.807, 2.05) is 30.5 Å². The van der Waals surface area contributed by atoms with Crippen LogP contribution in [0.5, 0.6) is 0 Å². The highest BCUT2D eigenvalue weighted by Gasteiger charge is 2.13. The number of pyridine rings is 1. The summed E-state index contributed by atoms with van der Waals surface area (Å²) in [5.74, 6) is -1.11. The van der Waals surface area contributed by atoms with Crippen LogP contribution < -0.4 is 5.32 Å². The Labute approximate surface area is 160 Å². The van der Waals surface area contributed by atoms with Crippen LogP contribution in [0.15, 0.2) is 59.5 Å². The number of carbonyl (C=O) groups excluding carboxylic acids is 2. The van der Waals surface area contributed by atoms with Gasteiger partial charge in [0, 0.05) is 16.0 Å². The molecule has 3 rings (SSSR count). The van der Waals surface area contributed by atoms with E-state index in [2.05, 4.69) is 10.3 Å². The molecule has 27 heavy (non-hydrogen) atoms. The van der Waals surface area contributed by atoms with Gasteiger partial charge in [0.2, 0.25) is 0 Å². The third kappa shape index (κ3) is 4.63. The van der Waals surface area contributed by atoms with Crippen molar-refractivity contribution in [1.29, 1.82) is 5.26 Å². The number of nitriles is 1. The number of hydrogen-bond acceptors (Lipinski definition) is 6. The molecule has 0 aliphatic carbocycles. The lowest BCUT2D eigenvalue weighted by molar-refractivity contribution is -0.119. The summed E-state index contributed by atoms with van der Waals surface area (Å²) in [4.78, 5) is 29.2. The van der Waals surface area contributed by atoms with Crippen molar-refractivity contribution >= 4 is 40.2 Å². The number of nitrogens with one attached hydrogen (secondary N) is 1. The second-order valence-corrected chi connectivity index (χ2v) is 6.54. The highest BCUT2D eigenvalue weighted by molar-refractivity contribution is 8.03. The van der Waals surface area contributed by atoms with Crippen molar-refractivity contribution < 1.29 is 14.3 Å². The molecule has 0 fully saturated rings. The molecule has 1 amide bonds. The number of anilines is 1. The minimum Gasteiger partial charge on any atom is -0.451 e. The number of ether oxygens (including phenoxy) is 1. The summed E-state index contributed by atoms with van der Waals surface area (Å²) in [6, 6.07) is 16.0. The van der Waals surface area contributed by atoms with Gasteiger partial charge in [-0.2, -0.15) is 5.26 Å². The highest BCUT2D eigenvalue weighted by atomic mass is 32.2. The zero-order valence-electron chi connectivity index (χ0n) is 14.4. The van der Waals surface area contributed by atoms with Gasteiger partial charge in [-0.1, -0.05) is 24.3 Å². The maximum absolute atomic E-state index is 12.1. The van der Waals surface area contributed by atoms with Gasteiger partial charge in [-0.15, -0.1) is 0 Å². The molecular formula is C20H15N3O3S. The lowest BCUT2D eigenvalue weighted by Crippen LogP contribution is -2.21. The van der Waals surface area contributed by atoms with Gasteiger partial charge in [-0.25, -0.2) is 9.78 Å². The summed E-state index contributed by atoms with van der Waals surface area (Å²) in [6.07, 6.45) is 0. The predicted molar refractivity (Wildman–Crippen MR) is 103 cm³/mol. The van der Waals surface area contributed by atoms with E-state index in [4.69, 9.17) is 10.00 Å². The third-order valence-electron chi connectivity index (χ3n) is 3.78. The van der Waals surface area contributed by atoms with Crippen LogP contribution in [0.2, 0.25) is 0 Å². The first kappa shape index (κ1) is 18.4. The second-order valence-electron chi connectivity index (χ2n) is 5.68. The number of benzene rings is 2. The summed E-state index contributed by atoms with van der Waals surface area (Å²) in [6.45, 7) is 1.41. The minimum absolute atomic E-state index is 0.149. The first-order chi connectivity index (χ1) is 13.1. The molecule has 1 N–H and O–H groups in total. The Morgan fingerprint density at radius 3 is 2.78 bits per heavy atom. The summed E-state index contributed by atoms with van der Waals surface area (Å²) in [7, 11) is 0. The molecule has 7 heteroatoms. The average Bonchev–Trinajstić information content (AvgIpc) is 2.68. The average molecular weight is 377 g/mol. The fourth-order valence-electron chi connectivity index (χ4n) is 2.46. The zero-order chi connectivity index (χ0) is 19.2. The Morgan fingerprint density at radius 2 is 2.00 bits per heavy atom. The number of fused-ring (bicyclic) bond motifs is 1. The molecular weight excluding hydrogens is 362 g/mol. The van der Waals surface area contributed by atoms with Crippen molar-refractivity contribution in [3.05, 3.63) is 65.9 Å². The molecule has 0 aliphatic heterocycles. The minimum atomic E-state index is -0.659. The highest BCUT2D eigenvalue weighted by Crippen LogP contribution is 2.23. The molecule has 0 spiro atoms. The molecule has 1 heterocycles. The van der Waals surface area contributed by atoms with E-state index in [1.54, 1.807) is 36.4 Å². The number of aromatic nitrogens is 1. The molecule has 1 aromatic heterocycles. The third-order valence-corrected chi connectivity index (χ3v) is 4.36. The molecule has 0 bridgehead atoms. The van der Waals surface area contributed by atoms with Crippen molar-refractivity contribution in [2.45, 2.75) is 11.8 Å². The number of amides is 1. The molecule has 134 valence electrons. The van der Waals surface area contributed by atoms with Gasteiger partial charge in [0.15, 0.2) is 6.61 Å². The van der Waals surface area contributed by atoms with Crippen molar-refractivity contribution in [2.75, 3.05) is 11.9 Å². The van der Waals surface area contributed by atoms with Crippen molar-refractivity contribution in [3.63, 3.8) is 0 Å². The summed E-state index contributed by atoms with van der Waals surface area (Å²) >= 11 is 1.05. The SMILES string of the molecule is Cc1cc(SC#N)ccc1NC(=O)COC(=O)c1ccc2ccccc2n1. The monoisotopic (exact) mass is 377 g/mol. The Bertz CT molecular complexity index is 1060. The lowest BCUT2D eigenvalue weighted by atomic mass is 10.2.